The number of esters is 1. The lowest BCUT2D eigenvalue weighted by atomic mass is 10.2. The number of rotatable bonds is 9. The van der Waals surface area contributed by atoms with Gasteiger partial charge in [-0.05, 0) is 25.0 Å². The summed E-state index contributed by atoms with van der Waals surface area (Å²) in [5.41, 5.74) is 1.73. The number of aryl methyl sites for hydroxylation is 1. The molecular formula is C17H23N3O6S. The van der Waals surface area contributed by atoms with E-state index in [0.717, 1.165) is 11.0 Å². The van der Waals surface area contributed by atoms with Crippen molar-refractivity contribution in [1.82, 2.24) is 15.4 Å². The van der Waals surface area contributed by atoms with Crippen molar-refractivity contribution in [2.45, 2.75) is 20.3 Å². The van der Waals surface area contributed by atoms with Gasteiger partial charge < -0.3 is 10.1 Å². The molecule has 0 fully saturated rings. The Morgan fingerprint density at radius 2 is 1.81 bits per heavy atom. The highest BCUT2D eigenvalue weighted by molar-refractivity contribution is 7.92. The second-order valence-electron chi connectivity index (χ2n) is 5.54. The van der Waals surface area contributed by atoms with Gasteiger partial charge in [-0.1, -0.05) is 36.8 Å². The van der Waals surface area contributed by atoms with Crippen LogP contribution in [-0.2, 0) is 24.3 Å². The second-order valence-corrected chi connectivity index (χ2v) is 7.20. The number of carbonyl (C=O) groups excluding carboxylic acids is 3. The molecule has 0 saturated carbocycles. The molecule has 10 heteroatoms. The quantitative estimate of drug-likeness (QED) is 0.525. The number of amides is 3. The van der Waals surface area contributed by atoms with E-state index in [2.05, 4.69) is 10.1 Å². The molecule has 0 aliphatic heterocycles. The normalized spacial score (nSPS) is 11.2. The Labute approximate surface area is 158 Å². The molecule has 0 aliphatic carbocycles. The molecule has 148 valence electrons. The van der Waals surface area contributed by atoms with Crippen LogP contribution in [0.5, 0.6) is 0 Å². The first kappa shape index (κ1) is 22.3. The van der Waals surface area contributed by atoms with Crippen molar-refractivity contribution >= 4 is 34.0 Å². The molecule has 0 radical (unpaired) electrons. The first-order valence-corrected chi connectivity index (χ1v) is 9.74. The Morgan fingerprint density at radius 3 is 2.44 bits per heavy atom. The first-order chi connectivity index (χ1) is 12.7. The van der Waals surface area contributed by atoms with Crippen LogP contribution >= 0.6 is 0 Å². The molecular weight excluding hydrogens is 374 g/mol. The monoisotopic (exact) mass is 397 g/mol. The van der Waals surface area contributed by atoms with Crippen LogP contribution < -0.4 is 15.4 Å². The Kier molecular flexibility index (Phi) is 9.17. The van der Waals surface area contributed by atoms with Gasteiger partial charge in [0.2, 0.25) is 10.0 Å². The van der Waals surface area contributed by atoms with Gasteiger partial charge in [-0.15, -0.1) is 0 Å². The zero-order valence-corrected chi connectivity index (χ0v) is 16.0. The Balaban J connectivity index is 2.36. The maximum absolute atomic E-state index is 11.8. The van der Waals surface area contributed by atoms with E-state index in [1.54, 1.807) is 12.1 Å². The predicted octanol–water partition coefficient (Wildman–Crippen LogP) is 0.664. The molecule has 1 aromatic rings. The van der Waals surface area contributed by atoms with Crippen molar-refractivity contribution in [2.75, 3.05) is 19.7 Å². The number of imide groups is 1. The summed E-state index contributed by atoms with van der Waals surface area (Å²) >= 11 is 0. The van der Waals surface area contributed by atoms with E-state index in [-0.39, 0.29) is 0 Å². The smallest absolute Gasteiger partial charge is 0.321 e. The van der Waals surface area contributed by atoms with Gasteiger partial charge in [0.25, 0.3) is 5.91 Å². The van der Waals surface area contributed by atoms with Crippen molar-refractivity contribution < 1.29 is 27.5 Å². The van der Waals surface area contributed by atoms with Crippen LogP contribution in [0.15, 0.2) is 29.7 Å². The number of ether oxygens (including phenoxy) is 1. The summed E-state index contributed by atoms with van der Waals surface area (Å²) in [5, 5.41) is 5.31. The lowest BCUT2D eigenvalue weighted by Crippen LogP contribution is -2.42. The van der Waals surface area contributed by atoms with E-state index in [1.165, 1.54) is 6.08 Å². The highest BCUT2D eigenvalue weighted by Gasteiger charge is 2.13. The molecule has 0 aromatic heterocycles. The van der Waals surface area contributed by atoms with E-state index in [1.807, 2.05) is 36.0 Å². The van der Waals surface area contributed by atoms with Gasteiger partial charge in [0.05, 0.1) is 0 Å². The molecule has 0 unspecified atom stereocenters. The van der Waals surface area contributed by atoms with Crippen LogP contribution in [0.3, 0.4) is 0 Å². The molecule has 0 spiro atoms. The fourth-order valence-corrected chi connectivity index (χ4v) is 2.45. The van der Waals surface area contributed by atoms with E-state index in [4.69, 9.17) is 0 Å². The van der Waals surface area contributed by atoms with Crippen LogP contribution in [-0.4, -0.2) is 46.0 Å². The molecule has 3 N–H and O–H groups in total. The van der Waals surface area contributed by atoms with Gasteiger partial charge >= 0.3 is 12.0 Å². The highest BCUT2D eigenvalue weighted by atomic mass is 32.2. The molecule has 0 atom stereocenters. The Morgan fingerprint density at radius 1 is 1.15 bits per heavy atom. The van der Waals surface area contributed by atoms with E-state index in [0.29, 0.717) is 18.5 Å². The molecule has 9 nitrogen and oxygen atoms in total. The van der Waals surface area contributed by atoms with Gasteiger partial charge in [-0.25, -0.2) is 17.9 Å². The SMILES string of the molecule is CCCNC(=O)NC(=O)COC(=O)CNS(=O)(=O)C=Cc1ccc(C)cc1. The minimum atomic E-state index is -3.85. The third-order valence-corrected chi connectivity index (χ3v) is 4.13. The van der Waals surface area contributed by atoms with Crippen molar-refractivity contribution in [1.29, 1.82) is 0 Å². The van der Waals surface area contributed by atoms with Crippen LogP contribution in [0.2, 0.25) is 0 Å². The largest absolute Gasteiger partial charge is 0.455 e. The second kappa shape index (κ2) is 11.1. The fraction of sp³-hybridized carbons (Fsp3) is 0.353. The Hall–Kier alpha value is -2.72. The van der Waals surface area contributed by atoms with Gasteiger partial charge in [-0.3, -0.25) is 14.9 Å². The third kappa shape index (κ3) is 10.1. The molecule has 0 heterocycles. The van der Waals surface area contributed by atoms with Gasteiger partial charge in [0.1, 0.15) is 6.54 Å². The molecule has 27 heavy (non-hydrogen) atoms. The number of urea groups is 1. The average molecular weight is 397 g/mol. The lowest BCUT2D eigenvalue weighted by Gasteiger charge is -2.07. The summed E-state index contributed by atoms with van der Waals surface area (Å²) in [7, 11) is -3.85. The fourth-order valence-electron chi connectivity index (χ4n) is 1.70. The van der Waals surface area contributed by atoms with Crippen LogP contribution in [0, 0.1) is 6.92 Å². The van der Waals surface area contributed by atoms with Crippen molar-refractivity contribution in [3.63, 3.8) is 0 Å². The van der Waals surface area contributed by atoms with E-state index in [9.17, 15) is 22.8 Å². The topological polar surface area (TPSA) is 131 Å². The zero-order chi connectivity index (χ0) is 20.3. The number of carbonyl (C=O) groups is 3. The van der Waals surface area contributed by atoms with Crippen molar-refractivity contribution in [3.05, 3.63) is 40.8 Å². The molecule has 3 amide bonds. The summed E-state index contributed by atoms with van der Waals surface area (Å²) in [6.45, 7) is 2.82. The highest BCUT2D eigenvalue weighted by Crippen LogP contribution is 2.05. The van der Waals surface area contributed by atoms with Gasteiger partial charge in [0.15, 0.2) is 6.61 Å². The summed E-state index contributed by atoms with van der Waals surface area (Å²) in [6, 6.07) is 6.49. The number of nitrogens with one attached hydrogen (secondary N) is 3. The minimum absolute atomic E-state index is 0.400. The van der Waals surface area contributed by atoms with Gasteiger partial charge in [0, 0.05) is 12.0 Å². The van der Waals surface area contributed by atoms with Gasteiger partial charge in [-0.2, -0.15) is 0 Å². The molecule has 1 aromatic carbocycles. The average Bonchev–Trinajstić information content (AvgIpc) is 2.62. The number of benzene rings is 1. The molecule has 0 aliphatic rings. The lowest BCUT2D eigenvalue weighted by molar-refractivity contribution is -0.147. The third-order valence-electron chi connectivity index (χ3n) is 3.09. The Bertz CT molecular complexity index is 787. The summed E-state index contributed by atoms with van der Waals surface area (Å²) in [4.78, 5) is 34.2. The maximum Gasteiger partial charge on any atom is 0.321 e. The molecule has 1 rings (SSSR count). The summed E-state index contributed by atoms with van der Waals surface area (Å²) in [6.07, 6.45) is 2.09. The number of hydrogen-bond acceptors (Lipinski definition) is 6. The van der Waals surface area contributed by atoms with Crippen LogP contribution in [0.1, 0.15) is 24.5 Å². The van der Waals surface area contributed by atoms with Crippen molar-refractivity contribution in [2.24, 2.45) is 0 Å². The van der Waals surface area contributed by atoms with Crippen LogP contribution in [0.25, 0.3) is 6.08 Å². The summed E-state index contributed by atoms with van der Waals surface area (Å²) in [5.74, 6) is -1.77. The minimum Gasteiger partial charge on any atom is -0.455 e. The van der Waals surface area contributed by atoms with Crippen LogP contribution in [0.4, 0.5) is 4.79 Å². The van der Waals surface area contributed by atoms with E-state index < -0.39 is 41.1 Å². The molecule has 0 saturated heterocycles. The standard InChI is InChI=1S/C17H23N3O6S/c1-3-9-18-17(23)20-15(21)12-26-16(22)11-19-27(24,25)10-8-14-6-4-13(2)5-7-14/h4-8,10,19H,3,9,11-12H2,1-2H3,(H2,18,20,21,23). The first-order valence-electron chi connectivity index (χ1n) is 8.19. The maximum atomic E-state index is 11.8. The zero-order valence-electron chi connectivity index (χ0n) is 15.2. The predicted molar refractivity (Wildman–Crippen MR) is 99.9 cm³/mol. The molecule has 0 bridgehead atoms. The van der Waals surface area contributed by atoms with E-state index >= 15 is 0 Å². The number of hydrogen-bond donors (Lipinski definition) is 3. The summed E-state index contributed by atoms with van der Waals surface area (Å²) < 4.78 is 30.3. The number of sulfonamides is 1. The van der Waals surface area contributed by atoms with Crippen molar-refractivity contribution in [3.8, 4) is 0 Å².